The minimum Gasteiger partial charge on any atom is -0.468 e. The molecule has 2 fully saturated rings. The van der Waals surface area contributed by atoms with Crippen molar-refractivity contribution in [3.63, 3.8) is 0 Å². The molecule has 2 atom stereocenters. The predicted molar refractivity (Wildman–Crippen MR) is 39.2 cm³/mol. The highest BCUT2D eigenvalue weighted by molar-refractivity contribution is 5.82. The first kappa shape index (κ1) is 7.06. The van der Waals surface area contributed by atoms with Gasteiger partial charge in [0.05, 0.1) is 7.11 Å². The van der Waals surface area contributed by atoms with Gasteiger partial charge in [0, 0.05) is 19.1 Å². The second-order valence-electron chi connectivity index (χ2n) is 3.24. The van der Waals surface area contributed by atoms with Gasteiger partial charge in [0.15, 0.2) is 0 Å². The summed E-state index contributed by atoms with van der Waals surface area (Å²) in [6, 6.07) is 0.467. The fourth-order valence-electron chi connectivity index (χ4n) is 1.90. The number of rotatable bonds is 1. The van der Waals surface area contributed by atoms with Gasteiger partial charge in [-0.2, -0.15) is 0 Å². The van der Waals surface area contributed by atoms with Gasteiger partial charge in [-0.15, -0.1) is 0 Å². The van der Waals surface area contributed by atoms with E-state index >= 15 is 0 Å². The average molecular weight is 156 g/mol. The van der Waals surface area contributed by atoms with E-state index in [9.17, 15) is 4.79 Å². The summed E-state index contributed by atoms with van der Waals surface area (Å²) in [7, 11) is 1.43. The Morgan fingerprint density at radius 2 is 2.55 bits per heavy atom. The van der Waals surface area contributed by atoms with Crippen molar-refractivity contribution in [1.29, 1.82) is 0 Å². The summed E-state index contributed by atoms with van der Waals surface area (Å²) in [5.41, 5.74) is -0.403. The average Bonchev–Trinajstić information content (AvgIpc) is 2.62. The van der Waals surface area contributed by atoms with Crippen molar-refractivity contribution in [3.05, 3.63) is 0 Å². The number of methoxy groups -OCH3 is 1. The highest BCUT2D eigenvalue weighted by Gasteiger charge is 2.50. The van der Waals surface area contributed by atoms with Crippen LogP contribution in [0.2, 0.25) is 0 Å². The van der Waals surface area contributed by atoms with E-state index in [0.717, 1.165) is 13.0 Å². The number of fused-ring (bicyclic) bond motifs is 2. The number of hydrogen-bond acceptors (Lipinski definition) is 4. The summed E-state index contributed by atoms with van der Waals surface area (Å²) in [4.78, 5) is 11.3. The van der Waals surface area contributed by atoms with Crippen molar-refractivity contribution in [3.8, 4) is 0 Å². The van der Waals surface area contributed by atoms with Crippen LogP contribution in [0, 0.1) is 0 Å². The second kappa shape index (κ2) is 2.19. The Morgan fingerprint density at radius 3 is 2.91 bits per heavy atom. The van der Waals surface area contributed by atoms with Gasteiger partial charge in [0.25, 0.3) is 0 Å². The fraction of sp³-hybridized carbons (Fsp3) is 0.857. The quantitative estimate of drug-likeness (QED) is 0.471. The molecule has 0 radical (unpaired) electrons. The van der Waals surface area contributed by atoms with E-state index < -0.39 is 5.54 Å². The van der Waals surface area contributed by atoms with E-state index in [0.29, 0.717) is 12.6 Å². The number of carbonyl (C=O) groups excluding carboxylic acids is 1. The number of nitrogens with one attached hydrogen (secondary N) is 2. The van der Waals surface area contributed by atoms with Crippen LogP contribution in [0.25, 0.3) is 0 Å². The summed E-state index contributed by atoms with van der Waals surface area (Å²) < 4.78 is 4.71. The third-order valence-electron chi connectivity index (χ3n) is 2.55. The van der Waals surface area contributed by atoms with Crippen LogP contribution in [0.15, 0.2) is 0 Å². The largest absolute Gasteiger partial charge is 0.468 e. The van der Waals surface area contributed by atoms with Crippen molar-refractivity contribution in [2.75, 3.05) is 20.2 Å². The molecule has 0 saturated carbocycles. The van der Waals surface area contributed by atoms with E-state index in [-0.39, 0.29) is 5.97 Å². The Kier molecular flexibility index (Phi) is 1.40. The highest BCUT2D eigenvalue weighted by atomic mass is 16.5. The van der Waals surface area contributed by atoms with Crippen molar-refractivity contribution in [1.82, 2.24) is 10.6 Å². The van der Waals surface area contributed by atoms with E-state index in [1.807, 2.05) is 0 Å². The molecule has 2 N–H and O–H groups in total. The molecule has 2 bridgehead atoms. The molecule has 0 aromatic heterocycles. The Morgan fingerprint density at radius 1 is 1.73 bits per heavy atom. The Bertz CT molecular complexity index is 185. The van der Waals surface area contributed by atoms with Gasteiger partial charge in [-0.25, -0.2) is 0 Å². The molecule has 11 heavy (non-hydrogen) atoms. The summed E-state index contributed by atoms with van der Waals surface area (Å²) >= 11 is 0. The number of hydrogen-bond donors (Lipinski definition) is 2. The molecule has 0 aromatic carbocycles. The van der Waals surface area contributed by atoms with Crippen LogP contribution in [-0.4, -0.2) is 37.7 Å². The molecule has 2 unspecified atom stereocenters. The SMILES string of the molecule is COC(=O)C12CNC(CN1)C2. The van der Waals surface area contributed by atoms with Crippen molar-refractivity contribution in [2.45, 2.75) is 18.0 Å². The van der Waals surface area contributed by atoms with Gasteiger partial charge < -0.3 is 10.1 Å². The molecule has 2 rings (SSSR count). The Labute approximate surface area is 65.3 Å². The lowest BCUT2D eigenvalue weighted by Crippen LogP contribution is -2.55. The van der Waals surface area contributed by atoms with Gasteiger partial charge in [0.1, 0.15) is 5.54 Å². The lowest BCUT2D eigenvalue weighted by molar-refractivity contribution is -0.147. The minimum atomic E-state index is -0.403. The zero-order valence-corrected chi connectivity index (χ0v) is 6.52. The first-order valence-corrected chi connectivity index (χ1v) is 3.84. The zero-order valence-electron chi connectivity index (χ0n) is 6.52. The third-order valence-corrected chi connectivity index (χ3v) is 2.55. The maximum Gasteiger partial charge on any atom is 0.327 e. The van der Waals surface area contributed by atoms with E-state index in [1.165, 1.54) is 7.11 Å². The molecule has 0 aliphatic carbocycles. The first-order valence-electron chi connectivity index (χ1n) is 3.84. The topological polar surface area (TPSA) is 50.4 Å². The maximum absolute atomic E-state index is 11.3. The van der Waals surface area contributed by atoms with Crippen LogP contribution in [0.4, 0.5) is 0 Å². The van der Waals surface area contributed by atoms with Gasteiger partial charge in [-0.3, -0.25) is 10.1 Å². The molecule has 2 heterocycles. The predicted octanol–water partition coefficient (Wildman–Crippen LogP) is -1.14. The molecule has 4 heteroatoms. The summed E-state index contributed by atoms with van der Waals surface area (Å²) in [6.45, 7) is 1.60. The van der Waals surface area contributed by atoms with E-state index in [4.69, 9.17) is 4.74 Å². The van der Waals surface area contributed by atoms with E-state index in [1.54, 1.807) is 0 Å². The lowest BCUT2D eigenvalue weighted by Gasteiger charge is -2.24. The summed E-state index contributed by atoms with van der Waals surface area (Å²) in [5.74, 6) is -0.134. The Hall–Kier alpha value is -0.610. The normalized spacial score (nSPS) is 41.0. The first-order chi connectivity index (χ1) is 5.27. The maximum atomic E-state index is 11.3. The molecule has 2 saturated heterocycles. The van der Waals surface area contributed by atoms with Crippen LogP contribution < -0.4 is 10.6 Å². The fourth-order valence-corrected chi connectivity index (χ4v) is 1.90. The smallest absolute Gasteiger partial charge is 0.327 e. The lowest BCUT2D eigenvalue weighted by atomic mass is 10.0. The molecule has 4 nitrogen and oxygen atoms in total. The summed E-state index contributed by atoms with van der Waals surface area (Å²) in [6.07, 6.45) is 0.875. The van der Waals surface area contributed by atoms with Crippen LogP contribution in [-0.2, 0) is 9.53 Å². The van der Waals surface area contributed by atoms with E-state index in [2.05, 4.69) is 10.6 Å². The molecule has 2 aliphatic heterocycles. The molecular formula is C7H12N2O2. The van der Waals surface area contributed by atoms with Crippen molar-refractivity contribution >= 4 is 5.97 Å². The van der Waals surface area contributed by atoms with Crippen molar-refractivity contribution in [2.24, 2.45) is 0 Å². The highest BCUT2D eigenvalue weighted by Crippen LogP contribution is 2.26. The van der Waals surface area contributed by atoms with Gasteiger partial charge in [0.2, 0.25) is 0 Å². The molecular weight excluding hydrogens is 144 g/mol. The number of piperazine rings is 1. The van der Waals surface area contributed by atoms with Gasteiger partial charge in [-0.05, 0) is 6.42 Å². The molecule has 0 amide bonds. The zero-order chi connectivity index (χ0) is 7.90. The number of esters is 1. The summed E-state index contributed by atoms with van der Waals surface area (Å²) in [5, 5.41) is 6.43. The third kappa shape index (κ3) is 0.862. The Balaban J connectivity index is 2.16. The number of carbonyl (C=O) groups is 1. The molecule has 62 valence electrons. The van der Waals surface area contributed by atoms with Crippen LogP contribution >= 0.6 is 0 Å². The monoisotopic (exact) mass is 156 g/mol. The van der Waals surface area contributed by atoms with Crippen LogP contribution in [0.5, 0.6) is 0 Å². The van der Waals surface area contributed by atoms with Crippen molar-refractivity contribution < 1.29 is 9.53 Å². The standard InChI is InChI=1S/C7H12N2O2/c1-11-6(10)7-2-5(3-9-7)8-4-7/h5,8-9H,2-4H2,1H3. The van der Waals surface area contributed by atoms with Gasteiger partial charge >= 0.3 is 5.97 Å². The van der Waals surface area contributed by atoms with Gasteiger partial charge in [-0.1, -0.05) is 0 Å². The molecule has 0 spiro atoms. The second-order valence-corrected chi connectivity index (χ2v) is 3.24. The molecule has 2 aliphatic rings. The van der Waals surface area contributed by atoms with Crippen LogP contribution in [0.3, 0.4) is 0 Å². The number of ether oxygens (including phenoxy) is 1. The minimum absolute atomic E-state index is 0.134. The molecule has 0 aromatic rings. The van der Waals surface area contributed by atoms with Crippen LogP contribution in [0.1, 0.15) is 6.42 Å².